The van der Waals surface area contributed by atoms with E-state index in [9.17, 15) is 0 Å². The van der Waals surface area contributed by atoms with Crippen LogP contribution in [0.4, 0.5) is 11.4 Å². The number of fused-ring (bicyclic) bond motifs is 7. The average molecular weight is 681 g/mol. The van der Waals surface area contributed by atoms with Crippen molar-refractivity contribution in [3.05, 3.63) is 207 Å². The van der Waals surface area contributed by atoms with Gasteiger partial charge in [0.05, 0.1) is 16.9 Å². The van der Waals surface area contributed by atoms with Gasteiger partial charge in [-0.05, 0) is 111 Å². The number of benzene rings is 5. The number of hydrogen-bond donors (Lipinski definition) is 0. The van der Waals surface area contributed by atoms with Gasteiger partial charge in [-0.2, -0.15) is 0 Å². The van der Waals surface area contributed by atoms with Crippen LogP contribution < -0.4 is 15.3 Å². The van der Waals surface area contributed by atoms with Crippen LogP contribution in [0, 0.1) is 11.8 Å². The number of allylic oxidation sites excluding steroid dienone is 9. The van der Waals surface area contributed by atoms with Gasteiger partial charge in [0.2, 0.25) is 0 Å². The molecule has 2 nitrogen and oxygen atoms in total. The molecule has 0 saturated carbocycles. The van der Waals surface area contributed by atoms with E-state index in [4.69, 9.17) is 0 Å². The maximum atomic E-state index is 2.62. The fraction of sp³-hybridized carbons (Fsp3) is 0.137. The predicted octanol–water partition coefficient (Wildman–Crippen LogP) is 10.9. The minimum absolute atomic E-state index is 0.271. The van der Waals surface area contributed by atoms with Crippen LogP contribution in [0.25, 0.3) is 39.9 Å². The summed E-state index contributed by atoms with van der Waals surface area (Å²) >= 11 is 0. The highest BCUT2D eigenvalue weighted by atomic mass is 15.2. The second-order valence-electron chi connectivity index (χ2n) is 15.2. The van der Waals surface area contributed by atoms with E-state index in [1.165, 1.54) is 88.8 Å². The molecule has 3 atom stereocenters. The van der Waals surface area contributed by atoms with Crippen molar-refractivity contribution < 1.29 is 0 Å². The van der Waals surface area contributed by atoms with Crippen LogP contribution >= 0.6 is 0 Å². The fourth-order valence-electron chi connectivity index (χ4n) is 9.94. The Balaban J connectivity index is 1.17. The van der Waals surface area contributed by atoms with Gasteiger partial charge < -0.3 is 9.47 Å². The standard InChI is InChI=1S/C51H40N2/c1-33-30-44-41-21-10-11-24-45(41)52(38-18-6-3-7-19-38)48(44)32-47(33)53(39-28-26-35(27-29-39)34-14-4-2-5-15-34)46-25-13-23-43-50(46)42-22-12-17-37-31-36-16-8-9-20-40(36)51(43)49(37)42/h2-4,6-14,16-29,31-33,42,49H,5,15,30H2,1H3. The summed E-state index contributed by atoms with van der Waals surface area (Å²) in [6.45, 7) is 2.42. The van der Waals surface area contributed by atoms with Crippen molar-refractivity contribution in [1.29, 1.82) is 0 Å². The molecule has 3 unspecified atom stereocenters. The van der Waals surface area contributed by atoms with Crippen molar-refractivity contribution in [2.75, 3.05) is 4.90 Å². The Bertz CT molecular complexity index is 2770. The van der Waals surface area contributed by atoms with Gasteiger partial charge in [0.1, 0.15) is 0 Å². The molecule has 1 heterocycles. The van der Waals surface area contributed by atoms with Gasteiger partial charge in [-0.3, -0.25) is 0 Å². The number of aromatic nitrogens is 1. The highest BCUT2D eigenvalue weighted by molar-refractivity contribution is 5.94. The van der Waals surface area contributed by atoms with Gasteiger partial charge in [-0.25, -0.2) is 0 Å². The third kappa shape index (κ3) is 4.65. The Morgan fingerprint density at radius 2 is 1.57 bits per heavy atom. The van der Waals surface area contributed by atoms with Crippen LogP contribution in [0.15, 0.2) is 169 Å². The molecule has 0 aliphatic heterocycles. The Labute approximate surface area is 311 Å². The molecule has 1 aromatic heterocycles. The lowest BCUT2D eigenvalue weighted by Crippen LogP contribution is -2.33. The maximum Gasteiger partial charge on any atom is 0.0537 e. The Kier molecular flexibility index (Phi) is 6.89. The average Bonchev–Trinajstić information content (AvgIpc) is 3.73. The van der Waals surface area contributed by atoms with Gasteiger partial charge in [-0.15, -0.1) is 0 Å². The fourth-order valence-corrected chi connectivity index (χ4v) is 9.94. The van der Waals surface area contributed by atoms with Crippen molar-refractivity contribution in [2.24, 2.45) is 11.8 Å². The largest absolute Gasteiger partial charge is 0.314 e. The smallest absolute Gasteiger partial charge is 0.0537 e. The first kappa shape index (κ1) is 30.5. The second-order valence-corrected chi connectivity index (χ2v) is 15.2. The van der Waals surface area contributed by atoms with Crippen LogP contribution in [0.5, 0.6) is 0 Å². The first-order valence-corrected chi connectivity index (χ1v) is 19.2. The minimum atomic E-state index is 0.271. The molecule has 0 amide bonds. The number of para-hydroxylation sites is 2. The van der Waals surface area contributed by atoms with Crippen molar-refractivity contribution in [2.45, 2.75) is 32.1 Å². The van der Waals surface area contributed by atoms with E-state index in [-0.39, 0.29) is 5.92 Å². The molecule has 6 aromatic rings. The molecule has 0 radical (unpaired) electrons. The van der Waals surface area contributed by atoms with E-state index in [0.29, 0.717) is 11.8 Å². The number of anilines is 2. The molecular formula is C51H40N2. The van der Waals surface area contributed by atoms with Crippen molar-refractivity contribution in [3.63, 3.8) is 0 Å². The monoisotopic (exact) mass is 680 g/mol. The van der Waals surface area contributed by atoms with Gasteiger partial charge >= 0.3 is 0 Å². The molecule has 2 heteroatoms. The first-order valence-electron chi connectivity index (χ1n) is 19.2. The zero-order chi connectivity index (χ0) is 35.0. The summed E-state index contributed by atoms with van der Waals surface area (Å²) in [6.07, 6.45) is 21.9. The molecule has 0 saturated heterocycles. The van der Waals surface area contributed by atoms with Crippen LogP contribution in [0.2, 0.25) is 0 Å². The van der Waals surface area contributed by atoms with E-state index in [1.807, 2.05) is 0 Å². The van der Waals surface area contributed by atoms with Crippen LogP contribution in [0.3, 0.4) is 0 Å². The van der Waals surface area contributed by atoms with Gasteiger partial charge in [0.15, 0.2) is 0 Å². The molecule has 0 spiro atoms. The molecule has 0 fully saturated rings. The number of nitrogens with zero attached hydrogens (tertiary/aromatic N) is 2. The molecule has 5 aliphatic rings. The summed E-state index contributed by atoms with van der Waals surface area (Å²) < 4.78 is 2.48. The van der Waals surface area contributed by atoms with E-state index >= 15 is 0 Å². The van der Waals surface area contributed by atoms with Gasteiger partial charge in [-0.1, -0.05) is 134 Å². The third-order valence-corrected chi connectivity index (χ3v) is 12.3. The van der Waals surface area contributed by atoms with E-state index in [1.54, 1.807) is 0 Å². The predicted molar refractivity (Wildman–Crippen MR) is 222 cm³/mol. The molecule has 254 valence electrons. The highest BCUT2D eigenvalue weighted by Gasteiger charge is 2.42. The molecular weight excluding hydrogens is 641 g/mol. The molecule has 11 rings (SSSR count). The molecule has 53 heavy (non-hydrogen) atoms. The maximum absolute atomic E-state index is 2.62. The summed E-state index contributed by atoms with van der Waals surface area (Å²) in [7, 11) is 0. The SMILES string of the molecule is CC1Cc2c(n(-c3ccccc3)c3ccccc23)C=C1N(c1ccc(C2=CC=CCC2)cc1)c1cccc2c1C1C=CC=C3C=c4ccccc4=C2C31. The third-order valence-electron chi connectivity index (χ3n) is 12.3. The van der Waals surface area contributed by atoms with Crippen molar-refractivity contribution >= 4 is 45.6 Å². The van der Waals surface area contributed by atoms with Gasteiger partial charge in [0.25, 0.3) is 0 Å². The zero-order valence-electron chi connectivity index (χ0n) is 29.9. The van der Waals surface area contributed by atoms with Gasteiger partial charge in [0, 0.05) is 40.2 Å². The normalized spacial score (nSPS) is 20.4. The van der Waals surface area contributed by atoms with Crippen molar-refractivity contribution in [1.82, 2.24) is 4.57 Å². The lowest BCUT2D eigenvalue weighted by molar-refractivity contribution is 0.655. The Morgan fingerprint density at radius 3 is 2.43 bits per heavy atom. The van der Waals surface area contributed by atoms with E-state index in [2.05, 4.69) is 186 Å². The lowest BCUT2D eigenvalue weighted by atomic mass is 9.77. The van der Waals surface area contributed by atoms with E-state index in [0.717, 1.165) is 19.3 Å². The molecule has 5 aromatic carbocycles. The number of hydrogen-bond acceptors (Lipinski definition) is 1. The van der Waals surface area contributed by atoms with Crippen LogP contribution in [0.1, 0.15) is 53.6 Å². The summed E-state index contributed by atoms with van der Waals surface area (Å²) in [6, 6.07) is 45.3. The molecule has 0 N–H and O–H groups in total. The first-order chi connectivity index (χ1) is 26.2. The molecule has 0 bridgehead atoms. The second kappa shape index (κ2) is 12.0. The van der Waals surface area contributed by atoms with Crippen LogP contribution in [-0.4, -0.2) is 4.57 Å². The Morgan fingerprint density at radius 1 is 0.736 bits per heavy atom. The zero-order valence-corrected chi connectivity index (χ0v) is 29.9. The minimum Gasteiger partial charge on any atom is -0.314 e. The number of rotatable bonds is 5. The van der Waals surface area contributed by atoms with E-state index < -0.39 is 0 Å². The summed E-state index contributed by atoms with van der Waals surface area (Å²) in [5.41, 5.74) is 17.5. The quantitative estimate of drug-likeness (QED) is 0.176. The Hall–Kier alpha value is -6.12. The summed E-state index contributed by atoms with van der Waals surface area (Å²) in [5, 5.41) is 4.04. The summed E-state index contributed by atoms with van der Waals surface area (Å²) in [5.74, 6) is 0.890. The topological polar surface area (TPSA) is 8.17 Å². The lowest BCUT2D eigenvalue weighted by Gasteiger charge is -2.36. The molecule has 5 aliphatic carbocycles. The van der Waals surface area contributed by atoms with Crippen LogP contribution in [-0.2, 0) is 6.42 Å². The summed E-state index contributed by atoms with van der Waals surface area (Å²) in [4.78, 5) is 2.62. The highest BCUT2D eigenvalue weighted by Crippen LogP contribution is 2.56. The van der Waals surface area contributed by atoms with Crippen molar-refractivity contribution in [3.8, 4) is 5.69 Å².